The molecule has 0 aromatic heterocycles. The molecule has 1 aromatic rings. The number of rotatable bonds is 3. The van der Waals surface area contributed by atoms with Gasteiger partial charge in [-0.2, -0.15) is 0 Å². The van der Waals surface area contributed by atoms with Crippen molar-refractivity contribution >= 4 is 17.2 Å². The van der Waals surface area contributed by atoms with E-state index >= 15 is 0 Å². The highest BCUT2D eigenvalue weighted by Crippen LogP contribution is 2.15. The van der Waals surface area contributed by atoms with Gasteiger partial charge in [-0.1, -0.05) is 30.3 Å². The van der Waals surface area contributed by atoms with Crippen molar-refractivity contribution in [2.24, 2.45) is 0 Å². The molecule has 0 atom stereocenters. The Morgan fingerprint density at radius 3 is 2.50 bits per heavy atom. The van der Waals surface area contributed by atoms with Crippen molar-refractivity contribution in [3.8, 4) is 0 Å². The molecule has 1 aromatic carbocycles. The normalized spacial score (nSPS) is 9.83. The Labute approximate surface area is 77.6 Å². The maximum atomic E-state index is 5.73. The number of benzene rings is 1. The SMILES string of the molecule is C=C(COC)c1ccc(Cl)cc1. The van der Waals surface area contributed by atoms with Gasteiger partial charge in [0, 0.05) is 12.1 Å². The molecule has 0 N–H and O–H groups in total. The molecule has 0 saturated heterocycles. The molecular weight excluding hydrogens is 172 g/mol. The predicted octanol–water partition coefficient (Wildman–Crippen LogP) is 3.00. The fraction of sp³-hybridized carbons (Fsp3) is 0.200. The highest BCUT2D eigenvalue weighted by atomic mass is 35.5. The van der Waals surface area contributed by atoms with Gasteiger partial charge in [-0.05, 0) is 23.3 Å². The van der Waals surface area contributed by atoms with E-state index in [4.69, 9.17) is 16.3 Å². The van der Waals surface area contributed by atoms with Crippen LogP contribution in [0.3, 0.4) is 0 Å². The summed E-state index contributed by atoms with van der Waals surface area (Å²) in [5.74, 6) is 0. The van der Waals surface area contributed by atoms with Crippen molar-refractivity contribution in [3.05, 3.63) is 41.4 Å². The molecule has 0 amide bonds. The van der Waals surface area contributed by atoms with Crippen LogP contribution in [0.4, 0.5) is 0 Å². The Bertz CT molecular complexity index is 264. The summed E-state index contributed by atoms with van der Waals surface area (Å²) >= 11 is 5.73. The summed E-state index contributed by atoms with van der Waals surface area (Å²) < 4.78 is 4.96. The number of hydrogen-bond acceptors (Lipinski definition) is 1. The van der Waals surface area contributed by atoms with Crippen molar-refractivity contribution in [1.29, 1.82) is 0 Å². The quantitative estimate of drug-likeness (QED) is 0.699. The molecule has 0 heterocycles. The van der Waals surface area contributed by atoms with Crippen LogP contribution in [-0.2, 0) is 4.74 Å². The third kappa shape index (κ3) is 2.36. The maximum Gasteiger partial charge on any atom is 0.0713 e. The van der Waals surface area contributed by atoms with Gasteiger partial charge in [-0.3, -0.25) is 0 Å². The van der Waals surface area contributed by atoms with Gasteiger partial charge in [0.15, 0.2) is 0 Å². The van der Waals surface area contributed by atoms with Gasteiger partial charge in [0.25, 0.3) is 0 Å². The zero-order chi connectivity index (χ0) is 8.97. The highest BCUT2D eigenvalue weighted by molar-refractivity contribution is 6.30. The minimum Gasteiger partial charge on any atom is -0.380 e. The van der Waals surface area contributed by atoms with Crippen molar-refractivity contribution in [1.82, 2.24) is 0 Å². The summed E-state index contributed by atoms with van der Waals surface area (Å²) in [4.78, 5) is 0. The molecule has 2 heteroatoms. The van der Waals surface area contributed by atoms with Gasteiger partial charge in [0.2, 0.25) is 0 Å². The standard InChI is InChI=1S/C10H11ClO/c1-8(7-12-2)9-3-5-10(11)6-4-9/h3-6H,1,7H2,2H3. The molecule has 0 fully saturated rings. The summed E-state index contributed by atoms with van der Waals surface area (Å²) in [7, 11) is 1.65. The lowest BCUT2D eigenvalue weighted by Gasteiger charge is -2.03. The number of ether oxygens (including phenoxy) is 1. The third-order valence-corrected chi connectivity index (χ3v) is 1.82. The molecule has 12 heavy (non-hydrogen) atoms. The Morgan fingerprint density at radius 2 is 2.00 bits per heavy atom. The van der Waals surface area contributed by atoms with Crippen LogP contribution in [0.5, 0.6) is 0 Å². The molecular formula is C10H11ClO. The Balaban J connectivity index is 2.75. The summed E-state index contributed by atoms with van der Waals surface area (Å²) in [6.07, 6.45) is 0. The van der Waals surface area contributed by atoms with E-state index in [9.17, 15) is 0 Å². The van der Waals surface area contributed by atoms with Crippen LogP contribution in [-0.4, -0.2) is 13.7 Å². The van der Waals surface area contributed by atoms with Crippen LogP contribution in [0.2, 0.25) is 5.02 Å². The molecule has 0 saturated carbocycles. The second-order valence-electron chi connectivity index (χ2n) is 2.54. The van der Waals surface area contributed by atoms with Crippen molar-refractivity contribution in [3.63, 3.8) is 0 Å². The van der Waals surface area contributed by atoms with Gasteiger partial charge >= 0.3 is 0 Å². The lowest BCUT2D eigenvalue weighted by molar-refractivity contribution is 0.240. The predicted molar refractivity (Wildman–Crippen MR) is 52.4 cm³/mol. The average Bonchev–Trinajstić information content (AvgIpc) is 2.06. The summed E-state index contributed by atoms with van der Waals surface area (Å²) in [5, 5.41) is 0.740. The Kier molecular flexibility index (Phi) is 3.32. The summed E-state index contributed by atoms with van der Waals surface area (Å²) in [6, 6.07) is 7.56. The smallest absolute Gasteiger partial charge is 0.0713 e. The van der Waals surface area contributed by atoms with Gasteiger partial charge in [0.05, 0.1) is 6.61 Å². The van der Waals surface area contributed by atoms with Crippen LogP contribution in [0.15, 0.2) is 30.8 Å². The maximum absolute atomic E-state index is 5.73. The fourth-order valence-corrected chi connectivity index (χ4v) is 1.07. The first-order chi connectivity index (χ1) is 5.74. The first-order valence-corrected chi connectivity index (χ1v) is 4.04. The highest BCUT2D eigenvalue weighted by Gasteiger charge is 1.96. The number of methoxy groups -OCH3 is 1. The molecule has 1 nitrogen and oxygen atoms in total. The molecule has 0 aliphatic heterocycles. The van der Waals surface area contributed by atoms with E-state index in [1.807, 2.05) is 24.3 Å². The third-order valence-electron chi connectivity index (χ3n) is 1.57. The van der Waals surface area contributed by atoms with Crippen molar-refractivity contribution in [2.75, 3.05) is 13.7 Å². The molecule has 64 valence electrons. The summed E-state index contributed by atoms with van der Waals surface area (Å²) in [6.45, 7) is 4.43. The topological polar surface area (TPSA) is 9.23 Å². The molecule has 1 rings (SSSR count). The van der Waals surface area contributed by atoms with Crippen LogP contribution in [0.1, 0.15) is 5.56 Å². The number of hydrogen-bond donors (Lipinski definition) is 0. The van der Waals surface area contributed by atoms with Gasteiger partial charge < -0.3 is 4.74 Å². The first-order valence-electron chi connectivity index (χ1n) is 3.66. The minimum atomic E-state index is 0.557. The molecule has 0 bridgehead atoms. The summed E-state index contributed by atoms with van der Waals surface area (Å²) in [5.41, 5.74) is 2.04. The van der Waals surface area contributed by atoms with E-state index in [2.05, 4.69) is 6.58 Å². The minimum absolute atomic E-state index is 0.557. The molecule has 0 spiro atoms. The molecule has 0 unspecified atom stereocenters. The monoisotopic (exact) mass is 182 g/mol. The van der Waals surface area contributed by atoms with Crippen LogP contribution in [0.25, 0.3) is 5.57 Å². The Hall–Kier alpha value is -0.790. The lowest BCUT2D eigenvalue weighted by Crippen LogP contribution is -1.91. The van der Waals surface area contributed by atoms with E-state index in [1.165, 1.54) is 0 Å². The van der Waals surface area contributed by atoms with Gasteiger partial charge in [-0.25, -0.2) is 0 Å². The van der Waals surface area contributed by atoms with Crippen LogP contribution in [0, 0.1) is 0 Å². The average molecular weight is 183 g/mol. The van der Waals surface area contributed by atoms with Crippen molar-refractivity contribution in [2.45, 2.75) is 0 Å². The van der Waals surface area contributed by atoms with Crippen molar-refractivity contribution < 1.29 is 4.74 Å². The Morgan fingerprint density at radius 1 is 1.42 bits per heavy atom. The van der Waals surface area contributed by atoms with Gasteiger partial charge in [0.1, 0.15) is 0 Å². The zero-order valence-electron chi connectivity index (χ0n) is 7.01. The van der Waals surface area contributed by atoms with Crippen LogP contribution < -0.4 is 0 Å². The fourth-order valence-electron chi connectivity index (χ4n) is 0.943. The first kappa shape index (κ1) is 9.30. The van der Waals surface area contributed by atoms with Crippen LogP contribution >= 0.6 is 11.6 Å². The second kappa shape index (κ2) is 4.29. The van der Waals surface area contributed by atoms with E-state index in [1.54, 1.807) is 7.11 Å². The van der Waals surface area contributed by atoms with Gasteiger partial charge in [-0.15, -0.1) is 0 Å². The zero-order valence-corrected chi connectivity index (χ0v) is 7.77. The second-order valence-corrected chi connectivity index (χ2v) is 2.98. The molecule has 0 aliphatic carbocycles. The molecule has 0 radical (unpaired) electrons. The molecule has 0 aliphatic rings. The van der Waals surface area contributed by atoms with E-state index in [-0.39, 0.29) is 0 Å². The largest absolute Gasteiger partial charge is 0.380 e. The van der Waals surface area contributed by atoms with E-state index in [0.29, 0.717) is 6.61 Å². The van der Waals surface area contributed by atoms with E-state index in [0.717, 1.165) is 16.2 Å². The lowest BCUT2D eigenvalue weighted by atomic mass is 10.1. The number of halogens is 1. The van der Waals surface area contributed by atoms with E-state index < -0.39 is 0 Å².